The third-order valence-electron chi connectivity index (χ3n) is 3.35. The van der Waals surface area contributed by atoms with Crippen LogP contribution in [0.15, 0.2) is 11.1 Å². The molecule has 0 heterocycles. The molecule has 0 saturated carbocycles. The molecule has 0 radical (unpaired) electrons. The van der Waals surface area contributed by atoms with E-state index in [4.69, 9.17) is 0 Å². The van der Waals surface area contributed by atoms with E-state index < -0.39 is 0 Å². The van der Waals surface area contributed by atoms with Gasteiger partial charge in [0, 0.05) is 6.42 Å². The number of Topliss-reactive ketones (excluding diaryl/α,β-unsaturated/α-hetero) is 1. The van der Waals surface area contributed by atoms with Gasteiger partial charge < -0.3 is 0 Å². The third kappa shape index (κ3) is 1.03. The molecule has 1 nitrogen and oxygen atoms in total. The van der Waals surface area contributed by atoms with Crippen molar-refractivity contribution >= 4 is 5.78 Å². The summed E-state index contributed by atoms with van der Waals surface area (Å²) in [5.74, 6) is 0.428. The first-order chi connectivity index (χ1) is 5.61. The highest BCUT2D eigenvalue weighted by molar-refractivity contribution is 5.99. The Balaban J connectivity index is 2.41. The van der Waals surface area contributed by atoms with Crippen molar-refractivity contribution in [3.8, 4) is 0 Å². The van der Waals surface area contributed by atoms with E-state index >= 15 is 0 Å². The molecule has 0 aromatic carbocycles. The Morgan fingerprint density at radius 2 is 1.92 bits per heavy atom. The molecule has 2 aliphatic rings. The van der Waals surface area contributed by atoms with Crippen molar-refractivity contribution in [1.82, 2.24) is 0 Å². The molecular formula is C11H16O. The maximum atomic E-state index is 11.4. The molecule has 2 aliphatic carbocycles. The van der Waals surface area contributed by atoms with Crippen LogP contribution in [-0.2, 0) is 4.79 Å². The number of ketones is 1. The van der Waals surface area contributed by atoms with E-state index in [-0.39, 0.29) is 0 Å². The Bertz CT molecular complexity index is 258. The zero-order valence-electron chi connectivity index (χ0n) is 7.94. The molecule has 0 spiro atoms. The molecule has 0 aliphatic heterocycles. The van der Waals surface area contributed by atoms with Crippen LogP contribution in [0, 0.1) is 5.41 Å². The quantitative estimate of drug-likeness (QED) is 0.538. The molecule has 2 rings (SSSR count). The van der Waals surface area contributed by atoms with Gasteiger partial charge in [0.15, 0.2) is 5.78 Å². The van der Waals surface area contributed by atoms with Gasteiger partial charge in [0.2, 0.25) is 0 Å². The molecule has 0 aromatic heterocycles. The molecule has 66 valence electrons. The molecule has 0 N–H and O–H groups in total. The van der Waals surface area contributed by atoms with Crippen LogP contribution in [0.5, 0.6) is 0 Å². The topological polar surface area (TPSA) is 17.1 Å². The van der Waals surface area contributed by atoms with Crippen LogP contribution >= 0.6 is 0 Å². The molecule has 0 unspecified atom stereocenters. The minimum Gasteiger partial charge on any atom is -0.295 e. The largest absolute Gasteiger partial charge is 0.295 e. The van der Waals surface area contributed by atoms with Gasteiger partial charge in [-0.3, -0.25) is 4.79 Å². The summed E-state index contributed by atoms with van der Waals surface area (Å²) >= 11 is 0. The van der Waals surface area contributed by atoms with Crippen molar-refractivity contribution < 1.29 is 4.79 Å². The van der Waals surface area contributed by atoms with Crippen LogP contribution in [0.2, 0.25) is 0 Å². The lowest BCUT2D eigenvalue weighted by atomic mass is 9.73. The Morgan fingerprint density at radius 1 is 1.17 bits per heavy atom. The van der Waals surface area contributed by atoms with E-state index in [0.717, 1.165) is 19.3 Å². The summed E-state index contributed by atoms with van der Waals surface area (Å²) < 4.78 is 0. The molecular weight excluding hydrogens is 148 g/mol. The Hall–Kier alpha value is -0.590. The van der Waals surface area contributed by atoms with Crippen LogP contribution in [-0.4, -0.2) is 5.78 Å². The van der Waals surface area contributed by atoms with Gasteiger partial charge in [0.05, 0.1) is 0 Å². The summed E-state index contributed by atoms with van der Waals surface area (Å²) in [5, 5.41) is 0. The second-order valence-electron chi connectivity index (χ2n) is 4.62. The predicted molar refractivity (Wildman–Crippen MR) is 48.9 cm³/mol. The predicted octanol–water partition coefficient (Wildman–Crippen LogP) is 2.86. The standard InChI is InChI=1S/C11H16O/c1-11(2)7-3-4-8-9(11)5-6-10(8)12/h3-7H2,1-2H3. The second-order valence-corrected chi connectivity index (χ2v) is 4.62. The third-order valence-corrected chi connectivity index (χ3v) is 3.35. The first-order valence-corrected chi connectivity index (χ1v) is 4.87. The number of hydrogen-bond acceptors (Lipinski definition) is 1. The van der Waals surface area contributed by atoms with Crippen LogP contribution < -0.4 is 0 Å². The molecule has 0 atom stereocenters. The van der Waals surface area contributed by atoms with Gasteiger partial charge in [0.1, 0.15) is 0 Å². The van der Waals surface area contributed by atoms with Gasteiger partial charge in [-0.15, -0.1) is 0 Å². The average Bonchev–Trinajstić information content (AvgIpc) is 2.33. The summed E-state index contributed by atoms with van der Waals surface area (Å²) in [7, 11) is 0. The lowest BCUT2D eigenvalue weighted by molar-refractivity contribution is -0.115. The number of carbonyl (C=O) groups excluding carboxylic acids is 1. The van der Waals surface area contributed by atoms with Crippen LogP contribution in [0.1, 0.15) is 46.0 Å². The Kier molecular flexibility index (Phi) is 1.64. The van der Waals surface area contributed by atoms with E-state index in [1.165, 1.54) is 24.0 Å². The number of rotatable bonds is 0. The summed E-state index contributed by atoms with van der Waals surface area (Å²) in [4.78, 5) is 11.4. The highest BCUT2D eigenvalue weighted by atomic mass is 16.1. The normalized spacial score (nSPS) is 27.7. The van der Waals surface area contributed by atoms with E-state index in [0.29, 0.717) is 11.2 Å². The van der Waals surface area contributed by atoms with Crippen LogP contribution in [0.3, 0.4) is 0 Å². The van der Waals surface area contributed by atoms with Crippen molar-refractivity contribution in [3.05, 3.63) is 11.1 Å². The van der Waals surface area contributed by atoms with Crippen LogP contribution in [0.25, 0.3) is 0 Å². The highest BCUT2D eigenvalue weighted by Crippen LogP contribution is 2.46. The highest BCUT2D eigenvalue weighted by Gasteiger charge is 2.35. The van der Waals surface area contributed by atoms with Crippen molar-refractivity contribution in [2.45, 2.75) is 46.0 Å². The molecule has 0 saturated heterocycles. The minimum absolute atomic E-state index is 0.319. The van der Waals surface area contributed by atoms with Crippen molar-refractivity contribution in [2.24, 2.45) is 5.41 Å². The van der Waals surface area contributed by atoms with Gasteiger partial charge in [-0.05, 0) is 36.7 Å². The summed E-state index contributed by atoms with van der Waals surface area (Å²) in [6, 6.07) is 0. The lowest BCUT2D eigenvalue weighted by Crippen LogP contribution is -2.19. The van der Waals surface area contributed by atoms with Crippen molar-refractivity contribution in [3.63, 3.8) is 0 Å². The maximum Gasteiger partial charge on any atom is 0.159 e. The SMILES string of the molecule is CC1(C)CCCC2=C1CCC2=O. The van der Waals surface area contributed by atoms with Gasteiger partial charge >= 0.3 is 0 Å². The fourth-order valence-electron chi connectivity index (χ4n) is 2.60. The Morgan fingerprint density at radius 3 is 2.58 bits per heavy atom. The smallest absolute Gasteiger partial charge is 0.159 e. The molecule has 1 heteroatoms. The molecule has 0 amide bonds. The molecule has 0 fully saturated rings. The van der Waals surface area contributed by atoms with E-state index in [2.05, 4.69) is 13.8 Å². The minimum atomic E-state index is 0.319. The lowest BCUT2D eigenvalue weighted by Gasteiger charge is -2.31. The number of hydrogen-bond donors (Lipinski definition) is 0. The van der Waals surface area contributed by atoms with Crippen molar-refractivity contribution in [1.29, 1.82) is 0 Å². The Labute approximate surface area is 73.8 Å². The first-order valence-electron chi connectivity index (χ1n) is 4.87. The second kappa shape index (κ2) is 2.45. The van der Waals surface area contributed by atoms with E-state index in [1.807, 2.05) is 0 Å². The van der Waals surface area contributed by atoms with Gasteiger partial charge in [-0.1, -0.05) is 19.4 Å². The fraction of sp³-hybridized carbons (Fsp3) is 0.727. The van der Waals surface area contributed by atoms with Gasteiger partial charge in [-0.2, -0.15) is 0 Å². The summed E-state index contributed by atoms with van der Waals surface area (Å²) in [6.07, 6.45) is 5.35. The summed E-state index contributed by atoms with van der Waals surface area (Å²) in [6.45, 7) is 4.56. The monoisotopic (exact) mass is 164 g/mol. The zero-order chi connectivity index (χ0) is 8.77. The zero-order valence-corrected chi connectivity index (χ0v) is 7.94. The number of carbonyl (C=O) groups is 1. The number of allylic oxidation sites excluding steroid dienone is 2. The summed E-state index contributed by atoms with van der Waals surface area (Å²) in [5.41, 5.74) is 2.98. The van der Waals surface area contributed by atoms with Crippen molar-refractivity contribution in [2.75, 3.05) is 0 Å². The average molecular weight is 164 g/mol. The van der Waals surface area contributed by atoms with Gasteiger partial charge in [0.25, 0.3) is 0 Å². The maximum absolute atomic E-state index is 11.4. The molecule has 0 bridgehead atoms. The van der Waals surface area contributed by atoms with Gasteiger partial charge in [-0.25, -0.2) is 0 Å². The van der Waals surface area contributed by atoms with E-state index in [9.17, 15) is 4.79 Å². The first kappa shape index (κ1) is 8.03. The van der Waals surface area contributed by atoms with Crippen LogP contribution in [0.4, 0.5) is 0 Å². The molecule has 12 heavy (non-hydrogen) atoms. The fourth-order valence-corrected chi connectivity index (χ4v) is 2.60. The molecule has 0 aromatic rings. The van der Waals surface area contributed by atoms with E-state index in [1.54, 1.807) is 0 Å².